The molecule has 1 saturated heterocycles. The molecule has 9 heteroatoms. The Hall–Kier alpha value is -5.11. The number of rotatable bonds is 7. The molecule has 7 nitrogen and oxygen atoms in total. The summed E-state index contributed by atoms with van der Waals surface area (Å²) in [5, 5.41) is 19.9. The van der Waals surface area contributed by atoms with Crippen LogP contribution in [-0.4, -0.2) is 44.4 Å². The molecule has 1 aromatic heterocycles. The van der Waals surface area contributed by atoms with Gasteiger partial charge in [0.2, 0.25) is 5.91 Å². The summed E-state index contributed by atoms with van der Waals surface area (Å²) in [4.78, 5) is 27.3. The molecule has 49 heavy (non-hydrogen) atoms. The number of carboxylic acid groups (broad SMARTS) is 1. The fourth-order valence-corrected chi connectivity index (χ4v) is 7.72. The topological polar surface area (TPSA) is 87.5 Å². The van der Waals surface area contributed by atoms with Crippen molar-refractivity contribution in [1.82, 2.24) is 14.7 Å². The molecule has 0 spiro atoms. The highest BCUT2D eigenvalue weighted by Crippen LogP contribution is 2.45. The van der Waals surface area contributed by atoms with Crippen LogP contribution in [0.2, 0.25) is 10.0 Å². The molecule has 5 aromatic carbocycles. The van der Waals surface area contributed by atoms with Gasteiger partial charge in [0, 0.05) is 33.6 Å². The number of anilines is 1. The van der Waals surface area contributed by atoms with Gasteiger partial charge >= 0.3 is 6.09 Å². The lowest BCUT2D eigenvalue weighted by Crippen LogP contribution is -2.47. The molecule has 0 saturated carbocycles. The fourth-order valence-electron chi connectivity index (χ4n) is 7.11. The molecule has 246 valence electrons. The molecule has 2 heterocycles. The van der Waals surface area contributed by atoms with Crippen LogP contribution in [0, 0.1) is 5.92 Å². The molecular formula is C40H34Cl2N4O3. The predicted molar refractivity (Wildman–Crippen MR) is 195 cm³/mol. The standard InChI is InChI=1S/C40H34Cl2N4O3/c1-26-20-21-28(25-45(26)39(48)49)38(47)43-37-32-24-27(36-33(41)18-11-19-34(36)42)22-23-35(32)46(44-37)40(29-12-5-2-6-13-29,30-14-7-3-8-15-30)31-16-9-4-10-17-31/h2-19,22-24,26,28H,20-21,25H2,1H3,(H,48,49)(H,43,44,47)/t26-,28+/m0/s1. The molecule has 1 aliphatic rings. The molecule has 7 rings (SSSR count). The minimum atomic E-state index is -1.03. The molecule has 0 unspecified atom stereocenters. The number of hydrogen-bond donors (Lipinski definition) is 2. The Kier molecular flexibility index (Phi) is 8.88. The summed E-state index contributed by atoms with van der Waals surface area (Å²) >= 11 is 13.4. The smallest absolute Gasteiger partial charge is 0.407 e. The Morgan fingerprint density at radius 2 is 1.33 bits per heavy atom. The maximum absolute atomic E-state index is 14.0. The van der Waals surface area contributed by atoms with E-state index in [1.807, 2.05) is 84.4 Å². The maximum atomic E-state index is 14.0. The molecule has 1 aliphatic heterocycles. The Bertz CT molecular complexity index is 2020. The lowest BCUT2D eigenvalue weighted by molar-refractivity contribution is -0.121. The first-order valence-electron chi connectivity index (χ1n) is 16.2. The van der Waals surface area contributed by atoms with E-state index >= 15 is 0 Å². The molecule has 0 bridgehead atoms. The number of benzene rings is 5. The minimum absolute atomic E-state index is 0.115. The number of nitrogens with zero attached hydrogens (tertiary/aromatic N) is 3. The van der Waals surface area contributed by atoms with Crippen molar-refractivity contribution in [2.24, 2.45) is 5.92 Å². The number of carbonyl (C=O) groups is 2. The number of fused-ring (bicyclic) bond motifs is 1. The van der Waals surface area contributed by atoms with Crippen LogP contribution in [0.5, 0.6) is 0 Å². The second-order valence-electron chi connectivity index (χ2n) is 12.4. The van der Waals surface area contributed by atoms with Crippen molar-refractivity contribution in [2.45, 2.75) is 31.3 Å². The predicted octanol–water partition coefficient (Wildman–Crippen LogP) is 9.57. The molecule has 2 atom stereocenters. The number of likely N-dealkylation sites (tertiary alicyclic amines) is 1. The third-order valence-corrected chi connectivity index (χ3v) is 10.2. The largest absolute Gasteiger partial charge is 0.465 e. The van der Waals surface area contributed by atoms with Crippen LogP contribution in [0.3, 0.4) is 0 Å². The number of hydrogen-bond acceptors (Lipinski definition) is 3. The van der Waals surface area contributed by atoms with Crippen molar-refractivity contribution in [3.63, 3.8) is 0 Å². The number of nitrogens with one attached hydrogen (secondary N) is 1. The highest BCUT2D eigenvalue weighted by Gasteiger charge is 2.41. The van der Waals surface area contributed by atoms with Crippen molar-refractivity contribution in [3.8, 4) is 11.1 Å². The van der Waals surface area contributed by atoms with Crippen LogP contribution in [0.25, 0.3) is 22.0 Å². The van der Waals surface area contributed by atoms with Crippen molar-refractivity contribution < 1.29 is 14.7 Å². The summed E-state index contributed by atoms with van der Waals surface area (Å²) in [6.07, 6.45) is 0.130. The van der Waals surface area contributed by atoms with Gasteiger partial charge in [0.25, 0.3) is 0 Å². The summed E-state index contributed by atoms with van der Waals surface area (Å²) < 4.78 is 1.99. The number of piperidine rings is 1. The average Bonchev–Trinajstić information content (AvgIpc) is 3.47. The van der Waals surface area contributed by atoms with Gasteiger partial charge in [-0.1, -0.05) is 126 Å². The van der Waals surface area contributed by atoms with E-state index < -0.39 is 17.6 Å². The number of halogens is 2. The fraction of sp³-hybridized carbons (Fsp3) is 0.175. The van der Waals surface area contributed by atoms with Crippen LogP contribution in [0.1, 0.15) is 36.5 Å². The van der Waals surface area contributed by atoms with Crippen LogP contribution in [0.4, 0.5) is 10.6 Å². The van der Waals surface area contributed by atoms with Crippen molar-refractivity contribution >= 4 is 51.9 Å². The van der Waals surface area contributed by atoms with E-state index in [0.717, 1.165) is 27.8 Å². The summed E-state index contributed by atoms with van der Waals surface area (Å²) in [5.41, 5.74) is 4.20. The van der Waals surface area contributed by atoms with E-state index in [0.29, 0.717) is 39.7 Å². The van der Waals surface area contributed by atoms with Gasteiger partial charge in [-0.05, 0) is 66.3 Å². The number of amides is 2. The van der Waals surface area contributed by atoms with Gasteiger partial charge in [-0.25, -0.2) is 9.48 Å². The van der Waals surface area contributed by atoms with E-state index in [-0.39, 0.29) is 18.5 Å². The lowest BCUT2D eigenvalue weighted by atomic mass is 9.77. The Labute approximate surface area is 294 Å². The summed E-state index contributed by atoms with van der Waals surface area (Å²) in [6, 6.07) is 41.7. The lowest BCUT2D eigenvalue weighted by Gasteiger charge is -2.37. The van der Waals surface area contributed by atoms with Gasteiger partial charge < -0.3 is 15.3 Å². The quantitative estimate of drug-likeness (QED) is 0.164. The van der Waals surface area contributed by atoms with E-state index in [9.17, 15) is 14.7 Å². The third kappa shape index (κ3) is 5.83. The first-order valence-corrected chi connectivity index (χ1v) is 17.0. The van der Waals surface area contributed by atoms with Gasteiger partial charge in [-0.3, -0.25) is 4.79 Å². The Balaban J connectivity index is 1.48. The molecule has 1 fully saturated rings. The Morgan fingerprint density at radius 3 is 1.86 bits per heavy atom. The van der Waals surface area contributed by atoms with Gasteiger partial charge in [-0.15, -0.1) is 0 Å². The van der Waals surface area contributed by atoms with E-state index in [1.54, 1.807) is 18.2 Å². The second kappa shape index (κ2) is 13.4. The molecule has 0 aliphatic carbocycles. The number of carbonyl (C=O) groups excluding carboxylic acids is 1. The van der Waals surface area contributed by atoms with Gasteiger partial charge in [0.1, 0.15) is 5.54 Å². The van der Waals surface area contributed by atoms with Gasteiger partial charge in [0.05, 0.1) is 11.4 Å². The zero-order valence-corrected chi connectivity index (χ0v) is 28.3. The van der Waals surface area contributed by atoms with Crippen LogP contribution >= 0.6 is 23.2 Å². The third-order valence-electron chi connectivity index (χ3n) is 9.56. The van der Waals surface area contributed by atoms with Crippen molar-refractivity contribution in [3.05, 3.63) is 154 Å². The normalized spacial score (nSPS) is 16.4. The summed E-state index contributed by atoms with van der Waals surface area (Å²) in [6.45, 7) is 1.98. The number of aromatic nitrogens is 2. The van der Waals surface area contributed by atoms with Crippen molar-refractivity contribution in [2.75, 3.05) is 11.9 Å². The first kappa shape index (κ1) is 32.4. The van der Waals surface area contributed by atoms with Crippen LogP contribution in [0.15, 0.2) is 127 Å². The van der Waals surface area contributed by atoms with E-state index in [2.05, 4.69) is 41.7 Å². The molecule has 6 aromatic rings. The van der Waals surface area contributed by atoms with Gasteiger partial charge in [0.15, 0.2) is 5.82 Å². The highest BCUT2D eigenvalue weighted by molar-refractivity contribution is 6.39. The van der Waals surface area contributed by atoms with Crippen LogP contribution < -0.4 is 5.32 Å². The van der Waals surface area contributed by atoms with Crippen LogP contribution in [-0.2, 0) is 10.3 Å². The zero-order valence-electron chi connectivity index (χ0n) is 26.8. The monoisotopic (exact) mass is 688 g/mol. The van der Waals surface area contributed by atoms with E-state index in [4.69, 9.17) is 28.3 Å². The second-order valence-corrected chi connectivity index (χ2v) is 13.3. The molecular weight excluding hydrogens is 655 g/mol. The average molecular weight is 690 g/mol. The summed E-state index contributed by atoms with van der Waals surface area (Å²) in [5.74, 6) is -0.455. The van der Waals surface area contributed by atoms with Crippen molar-refractivity contribution in [1.29, 1.82) is 0 Å². The minimum Gasteiger partial charge on any atom is -0.465 e. The first-order chi connectivity index (χ1) is 23.8. The molecule has 2 amide bonds. The zero-order chi connectivity index (χ0) is 34.1. The molecule has 0 radical (unpaired) electrons. The van der Waals surface area contributed by atoms with E-state index in [1.165, 1.54) is 4.90 Å². The van der Waals surface area contributed by atoms with Gasteiger partial charge in [-0.2, -0.15) is 5.10 Å². The maximum Gasteiger partial charge on any atom is 0.407 e. The highest BCUT2D eigenvalue weighted by atomic mass is 35.5. The Morgan fingerprint density at radius 1 is 0.776 bits per heavy atom. The summed E-state index contributed by atoms with van der Waals surface area (Å²) in [7, 11) is 0. The molecule has 2 N–H and O–H groups in total. The SMILES string of the molecule is C[C@H]1CC[C@@H](C(=O)Nc2nn(C(c3ccccc3)(c3ccccc3)c3ccccc3)c3ccc(-c4c(Cl)cccc4Cl)cc23)CN1C(=O)O.